The Morgan fingerprint density at radius 1 is 1.17 bits per heavy atom. The number of nitrogens with one attached hydrogen (secondary N) is 1. The molecule has 0 aliphatic carbocycles. The summed E-state index contributed by atoms with van der Waals surface area (Å²) in [6, 6.07) is 0. The van der Waals surface area contributed by atoms with Gasteiger partial charge in [0.1, 0.15) is 18.0 Å². The number of aromatic nitrogens is 2. The first-order valence-corrected chi connectivity index (χ1v) is 6.79. The fourth-order valence-electron chi connectivity index (χ4n) is 2.38. The molecule has 2 rings (SSSR count). The van der Waals surface area contributed by atoms with Gasteiger partial charge in [-0.25, -0.2) is 9.97 Å². The third-order valence-electron chi connectivity index (χ3n) is 3.52. The predicted molar refractivity (Wildman–Crippen MR) is 75.3 cm³/mol. The normalized spacial score (nSPS) is 16.9. The molecule has 1 aliphatic heterocycles. The van der Waals surface area contributed by atoms with Crippen LogP contribution in [0, 0.1) is 6.92 Å². The fourth-order valence-corrected chi connectivity index (χ4v) is 2.38. The molecular formula is C13H23N5. The molecule has 1 saturated heterocycles. The minimum atomic E-state index is 0.890. The molecule has 1 N–H and O–H groups in total. The van der Waals surface area contributed by atoms with Crippen LogP contribution >= 0.6 is 0 Å². The molecule has 0 unspecified atom stereocenters. The molecule has 2 heterocycles. The number of piperazine rings is 1. The Morgan fingerprint density at radius 2 is 1.89 bits per heavy atom. The van der Waals surface area contributed by atoms with Gasteiger partial charge in [-0.05, 0) is 20.4 Å². The van der Waals surface area contributed by atoms with Crippen molar-refractivity contribution in [3.63, 3.8) is 0 Å². The van der Waals surface area contributed by atoms with E-state index in [1.165, 1.54) is 0 Å². The minimum Gasteiger partial charge on any atom is -0.370 e. The molecule has 5 nitrogen and oxygen atoms in total. The quantitative estimate of drug-likeness (QED) is 0.873. The molecule has 1 fully saturated rings. The topological polar surface area (TPSA) is 44.3 Å². The SMILES string of the molecule is CCNc1ncnc(N2CCN(CC)CC2)c1C. The summed E-state index contributed by atoms with van der Waals surface area (Å²) in [6.07, 6.45) is 1.66. The summed E-state index contributed by atoms with van der Waals surface area (Å²) in [7, 11) is 0. The number of hydrogen-bond donors (Lipinski definition) is 1. The largest absolute Gasteiger partial charge is 0.370 e. The molecule has 0 radical (unpaired) electrons. The summed E-state index contributed by atoms with van der Waals surface area (Å²) in [5.41, 5.74) is 1.16. The van der Waals surface area contributed by atoms with Gasteiger partial charge in [0, 0.05) is 38.3 Å². The molecule has 0 aromatic carbocycles. The molecule has 1 aliphatic rings. The van der Waals surface area contributed by atoms with Crippen LogP contribution in [0.25, 0.3) is 0 Å². The lowest BCUT2D eigenvalue weighted by atomic mass is 10.2. The highest BCUT2D eigenvalue weighted by Gasteiger charge is 2.19. The molecule has 1 aromatic heterocycles. The van der Waals surface area contributed by atoms with Crippen molar-refractivity contribution in [3.8, 4) is 0 Å². The lowest BCUT2D eigenvalue weighted by Gasteiger charge is -2.35. The molecule has 0 saturated carbocycles. The lowest BCUT2D eigenvalue weighted by Crippen LogP contribution is -2.46. The highest BCUT2D eigenvalue weighted by Crippen LogP contribution is 2.22. The smallest absolute Gasteiger partial charge is 0.137 e. The van der Waals surface area contributed by atoms with E-state index in [2.05, 4.69) is 45.9 Å². The second-order valence-corrected chi connectivity index (χ2v) is 4.62. The predicted octanol–water partition coefficient (Wildman–Crippen LogP) is 1.36. The van der Waals surface area contributed by atoms with Crippen LogP contribution in [0.1, 0.15) is 19.4 Å². The van der Waals surface area contributed by atoms with Crippen molar-refractivity contribution < 1.29 is 0 Å². The monoisotopic (exact) mass is 249 g/mol. The number of likely N-dealkylation sites (N-methyl/N-ethyl adjacent to an activating group) is 1. The van der Waals surface area contributed by atoms with E-state index in [-0.39, 0.29) is 0 Å². The average Bonchev–Trinajstić information content (AvgIpc) is 2.42. The zero-order valence-corrected chi connectivity index (χ0v) is 11.6. The fraction of sp³-hybridized carbons (Fsp3) is 0.692. The van der Waals surface area contributed by atoms with E-state index < -0.39 is 0 Å². The molecule has 0 amide bonds. The Bertz CT molecular complexity index is 385. The first-order chi connectivity index (χ1) is 8.76. The Balaban J connectivity index is 2.11. The van der Waals surface area contributed by atoms with Crippen molar-refractivity contribution in [2.24, 2.45) is 0 Å². The standard InChI is InChI=1S/C13H23N5/c1-4-14-12-11(3)13(16-10-15-12)18-8-6-17(5-2)7-9-18/h10H,4-9H2,1-3H3,(H,14,15,16). The summed E-state index contributed by atoms with van der Waals surface area (Å²) in [5.74, 6) is 2.04. The van der Waals surface area contributed by atoms with Crippen molar-refractivity contribution in [2.45, 2.75) is 20.8 Å². The first-order valence-electron chi connectivity index (χ1n) is 6.79. The highest BCUT2D eigenvalue weighted by atomic mass is 15.3. The highest BCUT2D eigenvalue weighted by molar-refractivity contribution is 5.58. The molecule has 18 heavy (non-hydrogen) atoms. The van der Waals surface area contributed by atoms with E-state index in [1.807, 2.05) is 0 Å². The lowest BCUT2D eigenvalue weighted by molar-refractivity contribution is 0.270. The minimum absolute atomic E-state index is 0.890. The van der Waals surface area contributed by atoms with Crippen molar-refractivity contribution in [3.05, 3.63) is 11.9 Å². The van der Waals surface area contributed by atoms with E-state index in [9.17, 15) is 0 Å². The van der Waals surface area contributed by atoms with E-state index in [1.54, 1.807) is 6.33 Å². The van der Waals surface area contributed by atoms with Crippen molar-refractivity contribution in [2.75, 3.05) is 49.5 Å². The van der Waals surface area contributed by atoms with Crippen LogP contribution in [-0.2, 0) is 0 Å². The van der Waals surface area contributed by atoms with Gasteiger partial charge in [-0.15, -0.1) is 0 Å². The molecular weight excluding hydrogens is 226 g/mol. The molecule has 5 heteroatoms. The second kappa shape index (κ2) is 6.00. The maximum Gasteiger partial charge on any atom is 0.137 e. The second-order valence-electron chi connectivity index (χ2n) is 4.62. The number of nitrogens with zero attached hydrogens (tertiary/aromatic N) is 4. The zero-order chi connectivity index (χ0) is 13.0. The van der Waals surface area contributed by atoms with Gasteiger partial charge in [-0.3, -0.25) is 0 Å². The van der Waals surface area contributed by atoms with Gasteiger partial charge in [0.15, 0.2) is 0 Å². The average molecular weight is 249 g/mol. The van der Waals surface area contributed by atoms with Crippen LogP contribution in [0.4, 0.5) is 11.6 Å². The van der Waals surface area contributed by atoms with Crippen LogP contribution in [-0.4, -0.2) is 54.1 Å². The van der Waals surface area contributed by atoms with Crippen molar-refractivity contribution >= 4 is 11.6 Å². The van der Waals surface area contributed by atoms with E-state index in [4.69, 9.17) is 0 Å². The van der Waals surface area contributed by atoms with E-state index in [0.29, 0.717) is 0 Å². The van der Waals surface area contributed by atoms with Gasteiger partial charge >= 0.3 is 0 Å². The summed E-state index contributed by atoms with van der Waals surface area (Å²) in [6.45, 7) is 12.8. The summed E-state index contributed by atoms with van der Waals surface area (Å²) >= 11 is 0. The maximum atomic E-state index is 4.45. The van der Waals surface area contributed by atoms with Gasteiger partial charge in [0.05, 0.1) is 0 Å². The first kappa shape index (κ1) is 13.1. The van der Waals surface area contributed by atoms with Crippen LogP contribution in [0.2, 0.25) is 0 Å². The Kier molecular flexibility index (Phi) is 4.36. The van der Waals surface area contributed by atoms with Gasteiger partial charge in [0.25, 0.3) is 0 Å². The van der Waals surface area contributed by atoms with Crippen LogP contribution in [0.3, 0.4) is 0 Å². The molecule has 0 bridgehead atoms. The summed E-state index contributed by atoms with van der Waals surface area (Å²) in [4.78, 5) is 13.6. The third kappa shape index (κ3) is 2.72. The van der Waals surface area contributed by atoms with Crippen molar-refractivity contribution in [1.29, 1.82) is 0 Å². The van der Waals surface area contributed by atoms with E-state index in [0.717, 1.165) is 56.5 Å². The Morgan fingerprint density at radius 3 is 2.50 bits per heavy atom. The number of anilines is 2. The van der Waals surface area contributed by atoms with Gasteiger partial charge in [0.2, 0.25) is 0 Å². The Hall–Kier alpha value is -1.36. The van der Waals surface area contributed by atoms with Gasteiger partial charge < -0.3 is 15.1 Å². The summed E-state index contributed by atoms with van der Waals surface area (Å²) < 4.78 is 0. The van der Waals surface area contributed by atoms with Crippen molar-refractivity contribution in [1.82, 2.24) is 14.9 Å². The molecule has 0 atom stereocenters. The molecule has 100 valence electrons. The van der Waals surface area contributed by atoms with E-state index >= 15 is 0 Å². The summed E-state index contributed by atoms with van der Waals surface area (Å²) in [5, 5.41) is 3.29. The molecule has 1 aromatic rings. The van der Waals surface area contributed by atoms with Gasteiger partial charge in [-0.2, -0.15) is 0 Å². The molecule has 0 spiro atoms. The Labute approximate surface area is 109 Å². The maximum absolute atomic E-state index is 4.45. The van der Waals surface area contributed by atoms with Crippen LogP contribution < -0.4 is 10.2 Å². The zero-order valence-electron chi connectivity index (χ0n) is 11.6. The number of rotatable bonds is 4. The number of hydrogen-bond acceptors (Lipinski definition) is 5. The van der Waals surface area contributed by atoms with Crippen LogP contribution in [0.15, 0.2) is 6.33 Å². The van der Waals surface area contributed by atoms with Gasteiger partial charge in [-0.1, -0.05) is 6.92 Å². The third-order valence-corrected chi connectivity index (χ3v) is 3.52. The van der Waals surface area contributed by atoms with Crippen LogP contribution in [0.5, 0.6) is 0 Å².